The second kappa shape index (κ2) is 8.09. The van der Waals surface area contributed by atoms with E-state index in [-0.39, 0.29) is 10.8 Å². The van der Waals surface area contributed by atoms with Crippen molar-refractivity contribution in [3.8, 4) is 0 Å². The second-order valence-electron chi connectivity index (χ2n) is 8.19. The fourth-order valence-corrected chi connectivity index (χ4v) is 6.66. The van der Waals surface area contributed by atoms with Gasteiger partial charge in [-0.1, -0.05) is 37.3 Å². The van der Waals surface area contributed by atoms with Gasteiger partial charge in [0, 0.05) is 18.7 Å². The molecule has 1 N–H and O–H groups in total. The van der Waals surface area contributed by atoms with Crippen LogP contribution in [0, 0.1) is 18.8 Å². The highest BCUT2D eigenvalue weighted by atomic mass is 32.2. The lowest BCUT2D eigenvalue weighted by Gasteiger charge is -2.34. The molecule has 1 aliphatic heterocycles. The number of amides is 1. The molecule has 2 heterocycles. The predicted octanol–water partition coefficient (Wildman–Crippen LogP) is 4.52. The fourth-order valence-electron chi connectivity index (χ4n) is 4.04. The molecule has 2 aromatic carbocycles. The number of carbonyl (C=O) groups excluding carboxylic acids is 1. The number of sulfonamides is 1. The third-order valence-electron chi connectivity index (χ3n) is 5.43. The molecule has 1 saturated heterocycles. The number of fused-ring (bicyclic) bond motifs is 1. The molecule has 0 bridgehead atoms. The van der Waals surface area contributed by atoms with Gasteiger partial charge in [-0.15, -0.1) is 0 Å². The van der Waals surface area contributed by atoms with Gasteiger partial charge in [0.2, 0.25) is 10.0 Å². The quantitative estimate of drug-likeness (QED) is 0.643. The number of aryl methyl sites for hydroxylation is 1. The summed E-state index contributed by atoms with van der Waals surface area (Å²) in [4.78, 5) is 17.3. The van der Waals surface area contributed by atoms with Crippen LogP contribution < -0.4 is 5.32 Å². The molecule has 0 unspecified atom stereocenters. The summed E-state index contributed by atoms with van der Waals surface area (Å²) in [6.45, 7) is 7.21. The SMILES string of the molecule is Cc1cccc2sc(NC(=O)c3ccc(S(=O)(=O)N4C[C@H](C)C[C@@H](C)C4)cc3)nc12. The first-order valence-electron chi connectivity index (χ1n) is 10.0. The summed E-state index contributed by atoms with van der Waals surface area (Å²) >= 11 is 1.42. The molecule has 1 aliphatic rings. The van der Waals surface area contributed by atoms with E-state index < -0.39 is 10.0 Å². The van der Waals surface area contributed by atoms with E-state index in [9.17, 15) is 13.2 Å². The third kappa shape index (κ3) is 4.12. The summed E-state index contributed by atoms with van der Waals surface area (Å²) in [5.41, 5.74) is 2.33. The van der Waals surface area contributed by atoms with Crippen molar-refractivity contribution < 1.29 is 13.2 Å². The van der Waals surface area contributed by atoms with Gasteiger partial charge in [-0.25, -0.2) is 13.4 Å². The summed E-state index contributed by atoms with van der Waals surface area (Å²) in [6.07, 6.45) is 1.04. The van der Waals surface area contributed by atoms with Crippen LogP contribution in [0.4, 0.5) is 5.13 Å². The van der Waals surface area contributed by atoms with Crippen LogP contribution in [0.5, 0.6) is 0 Å². The number of rotatable bonds is 4. The standard InChI is InChI=1S/C22H25N3O3S2/c1-14-11-15(2)13-25(12-14)30(27,28)18-9-7-17(8-10-18)21(26)24-22-23-20-16(3)5-4-6-19(20)29-22/h4-10,14-15H,11-13H2,1-3H3,(H,23,24,26)/t14-,15-/m1/s1. The van der Waals surface area contributed by atoms with Crippen molar-refractivity contribution in [2.24, 2.45) is 11.8 Å². The highest BCUT2D eigenvalue weighted by Gasteiger charge is 2.31. The van der Waals surface area contributed by atoms with Gasteiger partial charge in [-0.05, 0) is 61.1 Å². The van der Waals surface area contributed by atoms with Crippen LogP contribution in [-0.2, 0) is 10.0 Å². The summed E-state index contributed by atoms with van der Waals surface area (Å²) < 4.78 is 28.6. The fraction of sp³-hybridized carbons (Fsp3) is 0.364. The van der Waals surface area contributed by atoms with E-state index in [2.05, 4.69) is 24.1 Å². The monoisotopic (exact) mass is 443 g/mol. The number of nitrogens with zero attached hydrogens (tertiary/aromatic N) is 2. The lowest BCUT2D eigenvalue weighted by molar-refractivity contribution is 0.102. The molecule has 4 rings (SSSR count). The number of aromatic nitrogens is 1. The Morgan fingerprint density at radius 1 is 1.10 bits per heavy atom. The average molecular weight is 444 g/mol. The number of thiazole rings is 1. The van der Waals surface area contributed by atoms with Crippen LogP contribution in [0.25, 0.3) is 10.2 Å². The van der Waals surface area contributed by atoms with Crippen molar-refractivity contribution in [3.63, 3.8) is 0 Å². The first kappa shape index (κ1) is 21.0. The zero-order chi connectivity index (χ0) is 21.5. The van der Waals surface area contributed by atoms with Crippen molar-refractivity contribution in [2.75, 3.05) is 18.4 Å². The predicted molar refractivity (Wildman–Crippen MR) is 120 cm³/mol. The molecule has 1 amide bonds. The van der Waals surface area contributed by atoms with Crippen LogP contribution in [0.3, 0.4) is 0 Å². The minimum absolute atomic E-state index is 0.218. The molecule has 0 spiro atoms. The van der Waals surface area contributed by atoms with Crippen LogP contribution in [-0.4, -0.2) is 36.7 Å². The van der Waals surface area contributed by atoms with E-state index in [0.29, 0.717) is 35.6 Å². The number of piperidine rings is 1. The summed E-state index contributed by atoms with van der Waals surface area (Å²) in [5.74, 6) is 0.368. The summed E-state index contributed by atoms with van der Waals surface area (Å²) in [7, 11) is -3.56. The van der Waals surface area contributed by atoms with E-state index >= 15 is 0 Å². The van der Waals surface area contributed by atoms with Crippen molar-refractivity contribution in [1.82, 2.24) is 9.29 Å². The van der Waals surface area contributed by atoms with E-state index in [0.717, 1.165) is 22.2 Å². The number of carbonyl (C=O) groups is 1. The second-order valence-corrected chi connectivity index (χ2v) is 11.2. The number of hydrogen-bond acceptors (Lipinski definition) is 5. The smallest absolute Gasteiger partial charge is 0.257 e. The minimum Gasteiger partial charge on any atom is -0.298 e. The van der Waals surface area contributed by atoms with Crippen molar-refractivity contribution >= 4 is 42.6 Å². The maximum Gasteiger partial charge on any atom is 0.257 e. The normalized spacial score (nSPS) is 20.4. The molecule has 2 atom stereocenters. The third-order valence-corrected chi connectivity index (χ3v) is 8.21. The number of para-hydroxylation sites is 1. The Hall–Kier alpha value is -2.29. The summed E-state index contributed by atoms with van der Waals surface area (Å²) in [6, 6.07) is 12.0. The molecule has 6 nitrogen and oxygen atoms in total. The Balaban J connectivity index is 1.51. The van der Waals surface area contributed by atoms with Gasteiger partial charge < -0.3 is 0 Å². The first-order chi connectivity index (χ1) is 14.2. The van der Waals surface area contributed by atoms with Gasteiger partial charge in [-0.2, -0.15) is 4.31 Å². The zero-order valence-corrected chi connectivity index (χ0v) is 18.9. The lowest BCUT2D eigenvalue weighted by atomic mass is 9.94. The summed E-state index contributed by atoms with van der Waals surface area (Å²) in [5, 5.41) is 3.34. The molecule has 1 fully saturated rings. The Morgan fingerprint density at radius 2 is 1.77 bits per heavy atom. The Morgan fingerprint density at radius 3 is 2.40 bits per heavy atom. The van der Waals surface area contributed by atoms with Gasteiger partial charge in [-0.3, -0.25) is 10.1 Å². The van der Waals surface area contributed by atoms with Crippen molar-refractivity contribution in [1.29, 1.82) is 0 Å². The largest absolute Gasteiger partial charge is 0.298 e. The van der Waals surface area contributed by atoms with Gasteiger partial charge in [0.1, 0.15) is 0 Å². The molecule has 0 saturated carbocycles. The van der Waals surface area contributed by atoms with Gasteiger partial charge in [0.25, 0.3) is 5.91 Å². The Bertz CT molecular complexity index is 1180. The van der Waals surface area contributed by atoms with Crippen LogP contribution in [0.1, 0.15) is 36.2 Å². The number of hydrogen-bond donors (Lipinski definition) is 1. The van der Waals surface area contributed by atoms with Gasteiger partial charge >= 0.3 is 0 Å². The van der Waals surface area contributed by atoms with E-state index in [1.165, 1.54) is 23.5 Å². The van der Waals surface area contributed by atoms with E-state index in [1.54, 1.807) is 16.4 Å². The molecule has 3 aromatic rings. The topological polar surface area (TPSA) is 79.4 Å². The highest BCUT2D eigenvalue weighted by Crippen LogP contribution is 2.29. The van der Waals surface area contributed by atoms with E-state index in [4.69, 9.17) is 0 Å². The van der Waals surface area contributed by atoms with Crippen LogP contribution >= 0.6 is 11.3 Å². The van der Waals surface area contributed by atoms with Crippen LogP contribution in [0.2, 0.25) is 0 Å². The molecular formula is C22H25N3O3S2. The maximum atomic E-state index is 13.0. The number of anilines is 1. The highest BCUT2D eigenvalue weighted by molar-refractivity contribution is 7.89. The van der Waals surface area contributed by atoms with Gasteiger partial charge in [0.05, 0.1) is 15.1 Å². The molecule has 8 heteroatoms. The van der Waals surface area contributed by atoms with Crippen LogP contribution in [0.15, 0.2) is 47.4 Å². The molecule has 158 valence electrons. The molecule has 0 aliphatic carbocycles. The minimum atomic E-state index is -3.56. The molecule has 30 heavy (non-hydrogen) atoms. The average Bonchev–Trinajstić information content (AvgIpc) is 3.11. The lowest BCUT2D eigenvalue weighted by Crippen LogP contribution is -2.42. The number of benzene rings is 2. The van der Waals surface area contributed by atoms with E-state index in [1.807, 2.05) is 25.1 Å². The Labute approximate surface area is 181 Å². The van der Waals surface area contributed by atoms with Gasteiger partial charge in [0.15, 0.2) is 5.13 Å². The molecule has 0 radical (unpaired) electrons. The molecular weight excluding hydrogens is 418 g/mol. The first-order valence-corrected chi connectivity index (χ1v) is 12.3. The zero-order valence-electron chi connectivity index (χ0n) is 17.3. The van der Waals surface area contributed by atoms with Crippen molar-refractivity contribution in [2.45, 2.75) is 32.1 Å². The van der Waals surface area contributed by atoms with Crippen molar-refractivity contribution in [3.05, 3.63) is 53.6 Å². The molecule has 1 aromatic heterocycles. The maximum absolute atomic E-state index is 13.0. The number of nitrogens with one attached hydrogen (secondary N) is 1. The Kier molecular flexibility index (Phi) is 5.65.